The summed E-state index contributed by atoms with van der Waals surface area (Å²) in [7, 11) is 1.51. The number of thioether (sulfide) groups is 1. The predicted octanol–water partition coefficient (Wildman–Crippen LogP) is 1.32. The Kier molecular flexibility index (Phi) is 3.78. The molecule has 0 aromatic carbocycles. The number of ether oxygens (including phenoxy) is 1. The molecule has 0 radical (unpaired) electrons. The van der Waals surface area contributed by atoms with Gasteiger partial charge in [-0.2, -0.15) is 0 Å². The summed E-state index contributed by atoms with van der Waals surface area (Å²) in [4.78, 5) is 14.3. The standard InChI is InChI=1S/C10H9N3O4S/c1-16-7-4-11-3-2-6(7)9-12-13-10(17-9)18-5-8(14)15/h2-4H,5H2,1H3,(H,14,15). The van der Waals surface area contributed by atoms with Crippen molar-refractivity contribution >= 4 is 17.7 Å². The highest BCUT2D eigenvalue weighted by Crippen LogP contribution is 2.29. The fourth-order valence-corrected chi connectivity index (χ4v) is 1.70. The summed E-state index contributed by atoms with van der Waals surface area (Å²) >= 11 is 0.961. The number of carbonyl (C=O) groups is 1. The van der Waals surface area contributed by atoms with Crippen molar-refractivity contribution in [2.45, 2.75) is 5.22 Å². The summed E-state index contributed by atoms with van der Waals surface area (Å²) < 4.78 is 10.4. The van der Waals surface area contributed by atoms with Crippen molar-refractivity contribution in [2.24, 2.45) is 0 Å². The maximum absolute atomic E-state index is 10.4. The van der Waals surface area contributed by atoms with Gasteiger partial charge in [0.05, 0.1) is 18.9 Å². The molecule has 0 unspecified atom stereocenters. The molecule has 2 rings (SSSR count). The Morgan fingerprint density at radius 3 is 3.11 bits per heavy atom. The number of aromatic nitrogens is 3. The average Bonchev–Trinajstić information content (AvgIpc) is 2.85. The Bertz CT molecular complexity index is 558. The third-order valence-electron chi connectivity index (χ3n) is 1.96. The molecule has 2 heterocycles. The van der Waals surface area contributed by atoms with Gasteiger partial charge in [0.25, 0.3) is 11.1 Å². The van der Waals surface area contributed by atoms with Crippen LogP contribution in [0.5, 0.6) is 5.75 Å². The van der Waals surface area contributed by atoms with E-state index in [4.69, 9.17) is 14.3 Å². The van der Waals surface area contributed by atoms with Crippen LogP contribution in [0, 0.1) is 0 Å². The molecule has 2 aromatic rings. The molecule has 0 fully saturated rings. The zero-order valence-corrected chi connectivity index (χ0v) is 10.2. The number of pyridine rings is 1. The maximum Gasteiger partial charge on any atom is 0.314 e. The molecule has 18 heavy (non-hydrogen) atoms. The minimum atomic E-state index is -0.943. The Morgan fingerprint density at radius 1 is 1.56 bits per heavy atom. The van der Waals surface area contributed by atoms with Crippen molar-refractivity contribution in [3.63, 3.8) is 0 Å². The molecule has 0 atom stereocenters. The van der Waals surface area contributed by atoms with E-state index in [1.54, 1.807) is 12.3 Å². The van der Waals surface area contributed by atoms with E-state index in [1.807, 2.05) is 0 Å². The second-order valence-corrected chi connectivity index (χ2v) is 4.06. The van der Waals surface area contributed by atoms with Crippen LogP contribution in [0.2, 0.25) is 0 Å². The van der Waals surface area contributed by atoms with Gasteiger partial charge in [0.15, 0.2) is 0 Å². The highest BCUT2D eigenvalue weighted by molar-refractivity contribution is 7.99. The number of aliphatic carboxylic acids is 1. The van der Waals surface area contributed by atoms with E-state index >= 15 is 0 Å². The van der Waals surface area contributed by atoms with Crippen LogP contribution in [0.4, 0.5) is 0 Å². The molecule has 0 aliphatic heterocycles. The summed E-state index contributed by atoms with van der Waals surface area (Å²) in [6.45, 7) is 0. The van der Waals surface area contributed by atoms with E-state index in [-0.39, 0.29) is 16.9 Å². The van der Waals surface area contributed by atoms with Gasteiger partial charge in [-0.25, -0.2) is 0 Å². The summed E-state index contributed by atoms with van der Waals surface area (Å²) in [6.07, 6.45) is 3.11. The molecule has 2 aromatic heterocycles. The van der Waals surface area contributed by atoms with Gasteiger partial charge >= 0.3 is 5.97 Å². The van der Waals surface area contributed by atoms with Crippen LogP contribution >= 0.6 is 11.8 Å². The lowest BCUT2D eigenvalue weighted by Crippen LogP contribution is -1.97. The molecule has 0 aliphatic carbocycles. The van der Waals surface area contributed by atoms with Crippen LogP contribution < -0.4 is 4.74 Å². The zero-order chi connectivity index (χ0) is 13.0. The normalized spacial score (nSPS) is 10.3. The summed E-state index contributed by atoms with van der Waals surface area (Å²) in [6, 6.07) is 1.68. The van der Waals surface area contributed by atoms with Gasteiger partial charge in [0.1, 0.15) is 11.5 Å². The minimum absolute atomic E-state index is 0.130. The topological polar surface area (TPSA) is 98.3 Å². The third kappa shape index (κ3) is 2.77. The lowest BCUT2D eigenvalue weighted by atomic mass is 10.2. The SMILES string of the molecule is COc1cnccc1-c1nnc(SCC(=O)O)o1. The lowest BCUT2D eigenvalue weighted by Gasteiger charge is -2.02. The van der Waals surface area contributed by atoms with Crippen molar-refractivity contribution in [3.05, 3.63) is 18.5 Å². The molecule has 0 bridgehead atoms. The van der Waals surface area contributed by atoms with Crippen molar-refractivity contribution in [1.29, 1.82) is 0 Å². The Labute approximate surface area is 106 Å². The highest BCUT2D eigenvalue weighted by Gasteiger charge is 2.14. The van der Waals surface area contributed by atoms with Crippen LogP contribution in [-0.2, 0) is 4.79 Å². The molecule has 0 aliphatic rings. The van der Waals surface area contributed by atoms with Crippen molar-refractivity contribution in [3.8, 4) is 17.2 Å². The second kappa shape index (κ2) is 5.50. The smallest absolute Gasteiger partial charge is 0.314 e. The largest absolute Gasteiger partial charge is 0.494 e. The molecule has 0 spiro atoms. The first-order valence-electron chi connectivity index (χ1n) is 4.87. The quantitative estimate of drug-likeness (QED) is 0.810. The number of methoxy groups -OCH3 is 1. The third-order valence-corrected chi connectivity index (χ3v) is 2.76. The Hall–Kier alpha value is -2.09. The van der Waals surface area contributed by atoms with Crippen LogP contribution in [0.3, 0.4) is 0 Å². The molecular formula is C10H9N3O4S. The Morgan fingerprint density at radius 2 is 2.39 bits per heavy atom. The van der Waals surface area contributed by atoms with Gasteiger partial charge in [-0.1, -0.05) is 11.8 Å². The van der Waals surface area contributed by atoms with Crippen molar-refractivity contribution in [2.75, 3.05) is 12.9 Å². The van der Waals surface area contributed by atoms with Crippen LogP contribution in [-0.4, -0.2) is 39.1 Å². The number of hydrogen-bond acceptors (Lipinski definition) is 7. The first kappa shape index (κ1) is 12.4. The molecule has 0 saturated carbocycles. The molecular weight excluding hydrogens is 258 g/mol. The number of carboxylic acid groups (broad SMARTS) is 1. The van der Waals surface area contributed by atoms with Gasteiger partial charge in [-0.3, -0.25) is 9.78 Å². The van der Waals surface area contributed by atoms with Crippen molar-refractivity contribution in [1.82, 2.24) is 15.2 Å². The van der Waals surface area contributed by atoms with Gasteiger partial charge in [0.2, 0.25) is 0 Å². The van der Waals surface area contributed by atoms with Crippen LogP contribution in [0.1, 0.15) is 0 Å². The van der Waals surface area contributed by atoms with Crippen LogP contribution in [0.15, 0.2) is 28.1 Å². The monoisotopic (exact) mass is 267 g/mol. The fourth-order valence-electron chi connectivity index (χ4n) is 1.22. The summed E-state index contributed by atoms with van der Waals surface area (Å²) in [5.41, 5.74) is 0.613. The van der Waals surface area contributed by atoms with Crippen LogP contribution in [0.25, 0.3) is 11.5 Å². The van der Waals surface area contributed by atoms with Crippen molar-refractivity contribution < 1.29 is 19.1 Å². The first-order valence-corrected chi connectivity index (χ1v) is 5.85. The lowest BCUT2D eigenvalue weighted by molar-refractivity contribution is -0.133. The van der Waals surface area contributed by atoms with Gasteiger partial charge in [-0.05, 0) is 6.07 Å². The van der Waals surface area contributed by atoms with E-state index in [9.17, 15) is 4.79 Å². The molecule has 7 nitrogen and oxygen atoms in total. The molecule has 0 saturated heterocycles. The number of hydrogen-bond donors (Lipinski definition) is 1. The number of nitrogens with zero attached hydrogens (tertiary/aromatic N) is 3. The maximum atomic E-state index is 10.4. The molecule has 0 amide bonds. The summed E-state index contributed by atoms with van der Waals surface area (Å²) in [5.74, 6) is -0.297. The first-order chi connectivity index (χ1) is 8.70. The predicted molar refractivity (Wildman–Crippen MR) is 62.4 cm³/mol. The molecule has 8 heteroatoms. The zero-order valence-electron chi connectivity index (χ0n) is 9.36. The average molecular weight is 267 g/mol. The molecule has 94 valence electrons. The van der Waals surface area contributed by atoms with E-state index < -0.39 is 5.97 Å². The second-order valence-electron chi connectivity index (χ2n) is 3.13. The van der Waals surface area contributed by atoms with Gasteiger partial charge < -0.3 is 14.3 Å². The van der Waals surface area contributed by atoms with Gasteiger partial charge in [0, 0.05) is 6.20 Å². The summed E-state index contributed by atoms with van der Waals surface area (Å²) in [5, 5.41) is 16.3. The minimum Gasteiger partial charge on any atom is -0.494 e. The van der Waals surface area contributed by atoms with E-state index in [0.29, 0.717) is 11.3 Å². The van der Waals surface area contributed by atoms with E-state index in [1.165, 1.54) is 13.3 Å². The fraction of sp³-hybridized carbons (Fsp3) is 0.200. The van der Waals surface area contributed by atoms with E-state index in [2.05, 4.69) is 15.2 Å². The Balaban J connectivity index is 2.21. The highest BCUT2D eigenvalue weighted by atomic mass is 32.2. The number of rotatable bonds is 5. The number of carboxylic acids is 1. The van der Waals surface area contributed by atoms with E-state index in [0.717, 1.165) is 11.8 Å². The van der Waals surface area contributed by atoms with Gasteiger partial charge in [-0.15, -0.1) is 10.2 Å². The molecule has 1 N–H and O–H groups in total.